The van der Waals surface area contributed by atoms with Crippen LogP contribution in [0.5, 0.6) is 5.75 Å². The second kappa shape index (κ2) is 9.41. The van der Waals surface area contributed by atoms with Crippen LogP contribution >= 0.6 is 11.6 Å². The first kappa shape index (κ1) is 22.2. The largest absolute Gasteiger partial charge is 0.478 e. The van der Waals surface area contributed by atoms with Crippen LogP contribution in [-0.2, 0) is 14.8 Å². The van der Waals surface area contributed by atoms with E-state index in [-0.39, 0.29) is 10.8 Å². The molecule has 6 nitrogen and oxygen atoms in total. The van der Waals surface area contributed by atoms with Gasteiger partial charge in [-0.2, -0.15) is 0 Å². The number of ether oxygens (including phenoxy) is 1. The third-order valence-corrected chi connectivity index (χ3v) is 5.71. The summed E-state index contributed by atoms with van der Waals surface area (Å²) in [5.74, 6) is 0.156. The molecule has 0 spiro atoms. The lowest BCUT2D eigenvalue weighted by molar-refractivity contribution is -0.128. The van der Waals surface area contributed by atoms with Crippen LogP contribution in [0.4, 0.5) is 5.69 Å². The van der Waals surface area contributed by atoms with Gasteiger partial charge >= 0.3 is 0 Å². The van der Waals surface area contributed by atoms with Crippen molar-refractivity contribution in [3.05, 3.63) is 53.6 Å². The molecule has 0 radical (unpaired) electrons. The van der Waals surface area contributed by atoms with Gasteiger partial charge in [-0.1, -0.05) is 24.9 Å². The standard InChI is InChI=1S/C20H25ClN2O4S/c1-4-5-14-22-28(25,26)18-12-8-16(9-13-18)23-19(24)20(2,3)27-17-10-6-15(21)7-11-17/h6-13,22H,4-5,14H2,1-3H3,(H,23,24). The summed E-state index contributed by atoms with van der Waals surface area (Å²) >= 11 is 5.85. The number of carbonyl (C=O) groups excluding carboxylic acids is 1. The first-order valence-corrected chi connectivity index (χ1v) is 10.9. The van der Waals surface area contributed by atoms with Gasteiger partial charge in [0.15, 0.2) is 5.60 Å². The number of hydrogen-bond acceptors (Lipinski definition) is 4. The number of hydrogen-bond donors (Lipinski definition) is 2. The third kappa shape index (κ3) is 6.22. The molecule has 0 aliphatic carbocycles. The van der Waals surface area contributed by atoms with Gasteiger partial charge in [-0.3, -0.25) is 4.79 Å². The number of anilines is 1. The fourth-order valence-corrected chi connectivity index (χ4v) is 3.51. The third-order valence-electron chi connectivity index (χ3n) is 3.98. The fourth-order valence-electron chi connectivity index (χ4n) is 2.31. The smallest absolute Gasteiger partial charge is 0.267 e. The van der Waals surface area contributed by atoms with Gasteiger partial charge in [0, 0.05) is 17.3 Å². The number of nitrogens with one attached hydrogen (secondary N) is 2. The summed E-state index contributed by atoms with van der Waals surface area (Å²) in [7, 11) is -3.55. The Morgan fingerprint density at radius 1 is 1.07 bits per heavy atom. The van der Waals surface area contributed by atoms with E-state index >= 15 is 0 Å². The Kier molecular flexibility index (Phi) is 7.46. The van der Waals surface area contributed by atoms with Crippen LogP contribution in [0.15, 0.2) is 53.4 Å². The number of rotatable bonds is 9. The molecule has 0 aliphatic rings. The zero-order valence-electron chi connectivity index (χ0n) is 16.2. The molecule has 0 aliphatic heterocycles. The molecule has 2 aromatic rings. The molecule has 0 heterocycles. The average Bonchev–Trinajstić information content (AvgIpc) is 2.64. The van der Waals surface area contributed by atoms with Crippen molar-refractivity contribution < 1.29 is 17.9 Å². The van der Waals surface area contributed by atoms with E-state index in [1.54, 1.807) is 50.2 Å². The van der Waals surface area contributed by atoms with E-state index in [4.69, 9.17) is 16.3 Å². The fraction of sp³-hybridized carbons (Fsp3) is 0.350. The highest BCUT2D eigenvalue weighted by Crippen LogP contribution is 2.22. The van der Waals surface area contributed by atoms with E-state index in [0.29, 0.717) is 23.0 Å². The number of sulfonamides is 1. The van der Waals surface area contributed by atoms with Gasteiger partial charge in [-0.15, -0.1) is 0 Å². The van der Waals surface area contributed by atoms with Crippen molar-refractivity contribution in [1.29, 1.82) is 0 Å². The van der Waals surface area contributed by atoms with Crippen molar-refractivity contribution in [2.75, 3.05) is 11.9 Å². The molecule has 0 aromatic heterocycles. The van der Waals surface area contributed by atoms with Gasteiger partial charge in [0.2, 0.25) is 10.0 Å². The summed E-state index contributed by atoms with van der Waals surface area (Å²) in [6.07, 6.45) is 1.68. The van der Waals surface area contributed by atoms with Crippen molar-refractivity contribution in [3.63, 3.8) is 0 Å². The van der Waals surface area contributed by atoms with E-state index < -0.39 is 15.6 Å². The molecule has 0 saturated carbocycles. The molecule has 152 valence electrons. The topological polar surface area (TPSA) is 84.5 Å². The first-order valence-electron chi connectivity index (χ1n) is 9.00. The minimum atomic E-state index is -3.55. The Bertz CT molecular complexity index is 895. The highest BCUT2D eigenvalue weighted by Gasteiger charge is 2.30. The van der Waals surface area contributed by atoms with Crippen LogP contribution in [0.2, 0.25) is 5.02 Å². The average molecular weight is 425 g/mol. The number of halogens is 1. The van der Waals surface area contributed by atoms with Crippen LogP contribution in [-0.4, -0.2) is 26.5 Å². The van der Waals surface area contributed by atoms with Crippen molar-refractivity contribution in [1.82, 2.24) is 4.72 Å². The summed E-state index contributed by atoms with van der Waals surface area (Å²) in [6, 6.07) is 12.7. The Balaban J connectivity index is 2.02. The monoisotopic (exact) mass is 424 g/mol. The van der Waals surface area contributed by atoms with E-state index in [1.165, 1.54) is 12.1 Å². The SMILES string of the molecule is CCCCNS(=O)(=O)c1ccc(NC(=O)C(C)(C)Oc2ccc(Cl)cc2)cc1. The summed E-state index contributed by atoms with van der Waals surface area (Å²) in [6.45, 7) is 5.68. The molecule has 8 heteroatoms. The van der Waals surface area contributed by atoms with Crippen LogP contribution in [0.3, 0.4) is 0 Å². The van der Waals surface area contributed by atoms with Crippen LogP contribution in [0.25, 0.3) is 0 Å². The molecular formula is C20H25ClN2O4S. The van der Waals surface area contributed by atoms with Crippen LogP contribution in [0.1, 0.15) is 33.6 Å². The number of unbranched alkanes of at least 4 members (excludes halogenated alkanes) is 1. The maximum Gasteiger partial charge on any atom is 0.267 e. The molecule has 2 rings (SSSR count). The summed E-state index contributed by atoms with van der Waals surface area (Å²) < 4.78 is 32.7. The lowest BCUT2D eigenvalue weighted by Crippen LogP contribution is -2.42. The molecule has 2 aromatic carbocycles. The molecule has 0 saturated heterocycles. The number of amides is 1. The van der Waals surface area contributed by atoms with E-state index in [2.05, 4.69) is 10.0 Å². The lowest BCUT2D eigenvalue weighted by Gasteiger charge is -2.25. The van der Waals surface area contributed by atoms with Crippen molar-refractivity contribution in [3.8, 4) is 5.75 Å². The van der Waals surface area contributed by atoms with Gasteiger partial charge in [-0.05, 0) is 68.8 Å². The second-order valence-corrected chi connectivity index (χ2v) is 9.00. The van der Waals surface area contributed by atoms with Gasteiger partial charge < -0.3 is 10.1 Å². The highest BCUT2D eigenvalue weighted by molar-refractivity contribution is 7.89. The number of benzene rings is 2. The zero-order valence-corrected chi connectivity index (χ0v) is 17.7. The molecular weight excluding hydrogens is 400 g/mol. The minimum Gasteiger partial charge on any atom is -0.478 e. The molecule has 0 bridgehead atoms. The van der Waals surface area contributed by atoms with Crippen LogP contribution in [0, 0.1) is 0 Å². The summed E-state index contributed by atoms with van der Waals surface area (Å²) in [4.78, 5) is 12.7. The molecule has 0 atom stereocenters. The quantitative estimate of drug-likeness (QED) is 0.590. The normalized spacial score (nSPS) is 11.9. The van der Waals surface area contributed by atoms with Crippen molar-refractivity contribution in [2.24, 2.45) is 0 Å². The van der Waals surface area contributed by atoms with Gasteiger partial charge in [-0.25, -0.2) is 13.1 Å². The maximum absolute atomic E-state index is 12.6. The van der Waals surface area contributed by atoms with Crippen molar-refractivity contribution >= 4 is 33.2 Å². The maximum atomic E-state index is 12.6. The highest BCUT2D eigenvalue weighted by atomic mass is 35.5. The summed E-state index contributed by atoms with van der Waals surface area (Å²) in [5.41, 5.74) is -0.661. The van der Waals surface area contributed by atoms with Gasteiger partial charge in [0.05, 0.1) is 4.90 Å². The zero-order chi connectivity index (χ0) is 20.8. The van der Waals surface area contributed by atoms with Crippen molar-refractivity contribution in [2.45, 2.75) is 44.1 Å². The predicted octanol–water partition coefficient (Wildman–Crippen LogP) is 4.21. The van der Waals surface area contributed by atoms with E-state index in [9.17, 15) is 13.2 Å². The summed E-state index contributed by atoms with van der Waals surface area (Å²) in [5, 5.41) is 3.32. The second-order valence-electron chi connectivity index (χ2n) is 6.80. The minimum absolute atomic E-state index is 0.151. The molecule has 2 N–H and O–H groups in total. The molecule has 1 amide bonds. The molecule has 0 unspecified atom stereocenters. The van der Waals surface area contributed by atoms with Gasteiger partial charge in [0.25, 0.3) is 5.91 Å². The lowest BCUT2D eigenvalue weighted by atomic mass is 10.1. The molecule has 28 heavy (non-hydrogen) atoms. The Hall–Kier alpha value is -2.09. The molecule has 0 fully saturated rings. The van der Waals surface area contributed by atoms with Crippen LogP contribution < -0.4 is 14.8 Å². The predicted molar refractivity (Wildman–Crippen MR) is 111 cm³/mol. The Morgan fingerprint density at radius 3 is 2.25 bits per heavy atom. The first-order chi connectivity index (χ1) is 13.1. The Labute approximate surface area is 171 Å². The van der Waals surface area contributed by atoms with E-state index in [0.717, 1.165) is 12.8 Å². The number of carbonyl (C=O) groups is 1. The van der Waals surface area contributed by atoms with E-state index in [1.807, 2.05) is 6.92 Å². The van der Waals surface area contributed by atoms with Gasteiger partial charge in [0.1, 0.15) is 5.75 Å². The Morgan fingerprint density at radius 2 is 1.68 bits per heavy atom.